The summed E-state index contributed by atoms with van der Waals surface area (Å²) in [4.78, 5) is 18.7. The second kappa shape index (κ2) is 3.81. The van der Waals surface area contributed by atoms with Crippen molar-refractivity contribution < 1.29 is 9.90 Å². The lowest BCUT2D eigenvalue weighted by Crippen LogP contribution is -1.94. The van der Waals surface area contributed by atoms with E-state index in [1.54, 1.807) is 0 Å². The van der Waals surface area contributed by atoms with Crippen LogP contribution < -0.4 is 0 Å². The summed E-state index contributed by atoms with van der Waals surface area (Å²) in [7, 11) is 0. The van der Waals surface area contributed by atoms with Crippen molar-refractivity contribution in [3.05, 3.63) is 54.2 Å². The van der Waals surface area contributed by atoms with Crippen LogP contribution in [0.5, 0.6) is 0 Å². The predicted molar refractivity (Wildman–Crippen MR) is 78.1 cm³/mol. The van der Waals surface area contributed by atoms with Crippen LogP contribution in [-0.2, 0) is 0 Å². The van der Waals surface area contributed by atoms with E-state index in [1.807, 2.05) is 42.5 Å². The summed E-state index contributed by atoms with van der Waals surface area (Å²) in [5.41, 5.74) is 1.71. The maximum atomic E-state index is 11.2. The number of nitrogens with one attached hydrogen (secondary N) is 1. The van der Waals surface area contributed by atoms with Crippen molar-refractivity contribution in [2.45, 2.75) is 0 Å². The number of carbonyl (C=O) groups is 1. The standard InChI is InChI=1S/C16H10N2O2/c19-16(20)13-8-17-15-12(13)7-11-10-4-2-1-3-9(10)5-6-14(11)18-15/h1-8H,(H,17,18)(H,19,20). The highest BCUT2D eigenvalue weighted by Gasteiger charge is 2.13. The lowest BCUT2D eigenvalue weighted by Gasteiger charge is -2.03. The Balaban J connectivity index is 2.21. The van der Waals surface area contributed by atoms with Crippen LogP contribution in [-0.4, -0.2) is 21.0 Å². The maximum Gasteiger partial charge on any atom is 0.337 e. The molecule has 96 valence electrons. The molecule has 4 aromatic rings. The zero-order chi connectivity index (χ0) is 13.7. The Hall–Kier alpha value is -2.88. The number of hydrogen-bond donors (Lipinski definition) is 2. The fraction of sp³-hybridized carbons (Fsp3) is 0. The average Bonchev–Trinajstić information content (AvgIpc) is 2.88. The molecule has 4 nitrogen and oxygen atoms in total. The van der Waals surface area contributed by atoms with Crippen molar-refractivity contribution in [3.8, 4) is 0 Å². The van der Waals surface area contributed by atoms with Crippen LogP contribution in [0.2, 0.25) is 0 Å². The number of benzene rings is 2. The first-order valence-electron chi connectivity index (χ1n) is 6.27. The Kier molecular flexibility index (Phi) is 2.09. The van der Waals surface area contributed by atoms with Gasteiger partial charge in [0.25, 0.3) is 0 Å². The highest BCUT2D eigenvalue weighted by molar-refractivity contribution is 6.12. The number of H-pyrrole nitrogens is 1. The van der Waals surface area contributed by atoms with Crippen LogP contribution in [0.15, 0.2) is 48.7 Å². The molecule has 0 radical (unpaired) electrons. The highest BCUT2D eigenvalue weighted by atomic mass is 16.4. The van der Waals surface area contributed by atoms with E-state index in [2.05, 4.69) is 9.97 Å². The molecule has 0 saturated carbocycles. The molecule has 2 heterocycles. The third-order valence-corrected chi connectivity index (χ3v) is 3.60. The quantitative estimate of drug-likeness (QED) is 0.515. The average molecular weight is 262 g/mol. The molecular weight excluding hydrogens is 252 g/mol. The van der Waals surface area contributed by atoms with Gasteiger partial charge in [0.05, 0.1) is 11.1 Å². The van der Waals surface area contributed by atoms with Crippen molar-refractivity contribution in [1.82, 2.24) is 9.97 Å². The van der Waals surface area contributed by atoms with Crippen molar-refractivity contribution in [2.75, 3.05) is 0 Å². The zero-order valence-corrected chi connectivity index (χ0v) is 10.4. The molecule has 0 spiro atoms. The first kappa shape index (κ1) is 11.0. The van der Waals surface area contributed by atoms with E-state index >= 15 is 0 Å². The zero-order valence-electron chi connectivity index (χ0n) is 10.4. The fourth-order valence-electron chi connectivity index (χ4n) is 2.64. The number of rotatable bonds is 1. The second-order valence-electron chi connectivity index (χ2n) is 4.75. The topological polar surface area (TPSA) is 66.0 Å². The van der Waals surface area contributed by atoms with Crippen LogP contribution in [0.4, 0.5) is 0 Å². The van der Waals surface area contributed by atoms with Crippen molar-refractivity contribution in [2.24, 2.45) is 0 Å². The van der Waals surface area contributed by atoms with Crippen LogP contribution in [0.3, 0.4) is 0 Å². The molecule has 0 unspecified atom stereocenters. The maximum absolute atomic E-state index is 11.2. The van der Waals surface area contributed by atoms with E-state index in [0.717, 1.165) is 21.7 Å². The molecule has 2 N–H and O–H groups in total. The fourth-order valence-corrected chi connectivity index (χ4v) is 2.64. The minimum Gasteiger partial charge on any atom is -0.478 e. The normalized spacial score (nSPS) is 11.4. The van der Waals surface area contributed by atoms with Gasteiger partial charge in [0.2, 0.25) is 0 Å². The minimum absolute atomic E-state index is 0.252. The largest absolute Gasteiger partial charge is 0.478 e. The van der Waals surface area contributed by atoms with Gasteiger partial charge < -0.3 is 10.1 Å². The van der Waals surface area contributed by atoms with E-state index in [1.165, 1.54) is 6.20 Å². The number of hydrogen-bond acceptors (Lipinski definition) is 2. The smallest absolute Gasteiger partial charge is 0.337 e. The SMILES string of the molecule is O=C(O)c1c[nH]c2nc3ccc4ccccc4c3cc12. The number of aromatic nitrogens is 2. The van der Waals surface area contributed by atoms with Crippen molar-refractivity contribution >= 4 is 38.7 Å². The molecule has 0 saturated heterocycles. The molecule has 0 bridgehead atoms. The van der Waals surface area contributed by atoms with Crippen LogP contribution in [0, 0.1) is 0 Å². The lowest BCUT2D eigenvalue weighted by molar-refractivity contribution is 0.0699. The Morgan fingerprint density at radius 3 is 2.75 bits per heavy atom. The number of nitrogens with zero attached hydrogens (tertiary/aromatic N) is 1. The molecule has 2 aromatic heterocycles. The molecule has 0 aliphatic carbocycles. The Labute approximate surface area is 113 Å². The Morgan fingerprint density at radius 1 is 1.05 bits per heavy atom. The summed E-state index contributed by atoms with van der Waals surface area (Å²) >= 11 is 0. The lowest BCUT2D eigenvalue weighted by atomic mass is 10.0. The van der Waals surface area contributed by atoms with Gasteiger partial charge in [-0.3, -0.25) is 0 Å². The Morgan fingerprint density at radius 2 is 1.90 bits per heavy atom. The molecule has 0 fully saturated rings. The monoisotopic (exact) mass is 262 g/mol. The van der Waals surface area contributed by atoms with Gasteiger partial charge in [-0.25, -0.2) is 9.78 Å². The number of fused-ring (bicyclic) bond motifs is 4. The number of carboxylic acid groups (broad SMARTS) is 1. The number of pyridine rings is 1. The van der Waals surface area contributed by atoms with Gasteiger partial charge in [-0.15, -0.1) is 0 Å². The predicted octanol–water partition coefficient (Wildman–Crippen LogP) is 3.57. The van der Waals surface area contributed by atoms with Gasteiger partial charge >= 0.3 is 5.97 Å². The van der Waals surface area contributed by atoms with Gasteiger partial charge in [-0.2, -0.15) is 0 Å². The van der Waals surface area contributed by atoms with Crippen molar-refractivity contribution in [3.63, 3.8) is 0 Å². The minimum atomic E-state index is -0.947. The van der Waals surface area contributed by atoms with Crippen LogP contribution in [0.1, 0.15) is 10.4 Å². The number of aromatic amines is 1. The van der Waals surface area contributed by atoms with E-state index in [4.69, 9.17) is 0 Å². The van der Waals surface area contributed by atoms with Gasteiger partial charge in [-0.1, -0.05) is 30.3 Å². The van der Waals surface area contributed by atoms with Crippen molar-refractivity contribution in [1.29, 1.82) is 0 Å². The number of carboxylic acids is 1. The molecule has 0 aliphatic heterocycles. The van der Waals surface area contributed by atoms with Crippen LogP contribution in [0.25, 0.3) is 32.7 Å². The molecule has 0 atom stereocenters. The van der Waals surface area contributed by atoms with Gasteiger partial charge in [0.15, 0.2) is 0 Å². The first-order chi connectivity index (χ1) is 9.74. The summed E-state index contributed by atoms with van der Waals surface area (Å²) < 4.78 is 0. The van der Waals surface area contributed by atoms with E-state index in [0.29, 0.717) is 11.0 Å². The summed E-state index contributed by atoms with van der Waals surface area (Å²) in [5, 5.41) is 13.0. The molecule has 20 heavy (non-hydrogen) atoms. The third-order valence-electron chi connectivity index (χ3n) is 3.60. The summed E-state index contributed by atoms with van der Waals surface area (Å²) in [5.74, 6) is -0.947. The second-order valence-corrected chi connectivity index (χ2v) is 4.75. The molecule has 0 amide bonds. The molecule has 0 aliphatic rings. The molecule has 4 rings (SSSR count). The Bertz CT molecular complexity index is 986. The first-order valence-corrected chi connectivity index (χ1v) is 6.27. The highest BCUT2D eigenvalue weighted by Crippen LogP contribution is 2.28. The van der Waals surface area contributed by atoms with E-state index in [-0.39, 0.29) is 5.56 Å². The van der Waals surface area contributed by atoms with Gasteiger partial charge in [-0.05, 0) is 22.9 Å². The van der Waals surface area contributed by atoms with E-state index < -0.39 is 5.97 Å². The summed E-state index contributed by atoms with van der Waals surface area (Å²) in [6.45, 7) is 0. The third kappa shape index (κ3) is 1.42. The van der Waals surface area contributed by atoms with E-state index in [9.17, 15) is 9.90 Å². The summed E-state index contributed by atoms with van der Waals surface area (Å²) in [6, 6.07) is 13.9. The molecule has 4 heteroatoms. The van der Waals surface area contributed by atoms with Gasteiger partial charge in [0, 0.05) is 17.0 Å². The molecular formula is C16H10N2O2. The molecule has 2 aromatic carbocycles. The number of aromatic carboxylic acids is 1. The van der Waals surface area contributed by atoms with Crippen LogP contribution >= 0.6 is 0 Å². The summed E-state index contributed by atoms with van der Waals surface area (Å²) in [6.07, 6.45) is 1.49. The van der Waals surface area contributed by atoms with Gasteiger partial charge in [0.1, 0.15) is 5.65 Å².